The van der Waals surface area contributed by atoms with Crippen LogP contribution in [0.2, 0.25) is 0 Å². The van der Waals surface area contributed by atoms with Crippen molar-refractivity contribution in [3.8, 4) is 11.5 Å². The van der Waals surface area contributed by atoms with Gasteiger partial charge in [-0.15, -0.1) is 0 Å². The Morgan fingerprint density at radius 2 is 2.08 bits per heavy atom. The summed E-state index contributed by atoms with van der Waals surface area (Å²) in [6.07, 6.45) is 5.39. The Morgan fingerprint density at radius 3 is 2.79 bits per heavy atom. The highest BCUT2D eigenvalue weighted by atomic mass is 15.3. The third-order valence-electron chi connectivity index (χ3n) is 3.97. The lowest BCUT2D eigenvalue weighted by molar-refractivity contribution is 0.567. The van der Waals surface area contributed by atoms with E-state index in [9.17, 15) is 0 Å². The molecule has 4 aromatic heterocycles. The molecule has 0 fully saturated rings. The fraction of sp³-hybridized carbons (Fsp3) is 0.294. The smallest absolute Gasteiger partial charge is 0.177 e. The number of hydrogen-bond donors (Lipinski definition) is 2. The Hall–Kier alpha value is -2.96. The van der Waals surface area contributed by atoms with Gasteiger partial charge < -0.3 is 4.98 Å². The number of imidazole rings is 1. The van der Waals surface area contributed by atoms with Gasteiger partial charge in [-0.1, -0.05) is 26.8 Å². The van der Waals surface area contributed by atoms with Crippen molar-refractivity contribution in [1.82, 2.24) is 34.9 Å². The van der Waals surface area contributed by atoms with Crippen LogP contribution in [0.3, 0.4) is 0 Å². The highest BCUT2D eigenvalue weighted by Gasteiger charge is 2.19. The molecule has 0 aliphatic carbocycles. The van der Waals surface area contributed by atoms with Crippen molar-refractivity contribution in [2.24, 2.45) is 0 Å². The zero-order valence-electron chi connectivity index (χ0n) is 13.9. The number of H-pyrrole nitrogens is 2. The van der Waals surface area contributed by atoms with Crippen molar-refractivity contribution in [1.29, 1.82) is 0 Å². The first-order valence-electron chi connectivity index (χ1n) is 7.87. The summed E-state index contributed by atoms with van der Waals surface area (Å²) in [6, 6.07) is 5.98. The summed E-state index contributed by atoms with van der Waals surface area (Å²) >= 11 is 0. The van der Waals surface area contributed by atoms with Gasteiger partial charge >= 0.3 is 0 Å². The van der Waals surface area contributed by atoms with Gasteiger partial charge in [-0.05, 0) is 17.7 Å². The average molecular weight is 321 g/mol. The normalized spacial score (nSPS) is 12.1. The Balaban J connectivity index is 1.68. The average Bonchev–Trinajstić information content (AvgIpc) is 3.23. The minimum absolute atomic E-state index is 0.0222. The lowest BCUT2D eigenvalue weighted by Crippen LogP contribution is -2.11. The second-order valence-corrected chi connectivity index (χ2v) is 6.90. The molecule has 2 N–H and O–H groups in total. The van der Waals surface area contributed by atoms with Gasteiger partial charge in [-0.3, -0.25) is 10.1 Å². The molecular formula is C17H19N7. The molecule has 0 saturated carbocycles. The van der Waals surface area contributed by atoms with E-state index >= 15 is 0 Å². The van der Waals surface area contributed by atoms with E-state index in [1.54, 1.807) is 12.4 Å². The van der Waals surface area contributed by atoms with E-state index in [4.69, 9.17) is 0 Å². The van der Waals surface area contributed by atoms with Crippen LogP contribution in [0.15, 0.2) is 36.8 Å². The maximum Gasteiger partial charge on any atom is 0.177 e. The number of pyridine rings is 1. The first-order valence-corrected chi connectivity index (χ1v) is 7.87. The van der Waals surface area contributed by atoms with Gasteiger partial charge in [-0.25, -0.2) is 9.67 Å². The Bertz CT molecular complexity index is 969. The molecule has 0 aliphatic rings. The van der Waals surface area contributed by atoms with Crippen LogP contribution < -0.4 is 0 Å². The summed E-state index contributed by atoms with van der Waals surface area (Å²) in [7, 11) is 0. The van der Waals surface area contributed by atoms with Crippen molar-refractivity contribution in [3.05, 3.63) is 48.0 Å². The summed E-state index contributed by atoms with van der Waals surface area (Å²) in [5.74, 6) is 0.745. The van der Waals surface area contributed by atoms with Crippen molar-refractivity contribution in [2.75, 3.05) is 0 Å². The minimum Gasteiger partial charge on any atom is -0.334 e. The molecule has 0 aromatic carbocycles. The molecule has 4 heterocycles. The topological polar surface area (TPSA) is 88.1 Å². The van der Waals surface area contributed by atoms with Gasteiger partial charge in [0.1, 0.15) is 11.2 Å². The summed E-state index contributed by atoms with van der Waals surface area (Å²) in [5, 5.41) is 11.9. The third kappa shape index (κ3) is 2.58. The molecule has 0 radical (unpaired) electrons. The molecule has 0 atom stereocenters. The van der Waals surface area contributed by atoms with E-state index in [0.29, 0.717) is 6.54 Å². The maximum atomic E-state index is 4.68. The van der Waals surface area contributed by atoms with Gasteiger partial charge in [0.15, 0.2) is 11.5 Å². The van der Waals surface area contributed by atoms with E-state index in [-0.39, 0.29) is 5.41 Å². The fourth-order valence-electron chi connectivity index (χ4n) is 2.58. The Morgan fingerprint density at radius 1 is 1.21 bits per heavy atom. The standard InChI is InChI=1S/C17H19N7/c1-17(2,3)14-7-12(22-23-14)15-20-13-9-19-24(16(13)21-15)10-11-5-4-6-18-8-11/h4-9H,10H2,1-3H3,(H,20,21)(H,22,23). The lowest BCUT2D eigenvalue weighted by atomic mass is 9.92. The van der Waals surface area contributed by atoms with Crippen LogP contribution in [-0.2, 0) is 12.0 Å². The third-order valence-corrected chi connectivity index (χ3v) is 3.97. The van der Waals surface area contributed by atoms with E-state index in [0.717, 1.165) is 33.9 Å². The van der Waals surface area contributed by atoms with Crippen LogP contribution in [0.25, 0.3) is 22.7 Å². The SMILES string of the molecule is CC(C)(C)c1cc(-c2nc3c(cnn3Cc3cccnc3)[nH]2)n[nH]1. The second-order valence-electron chi connectivity index (χ2n) is 6.90. The first kappa shape index (κ1) is 14.6. The van der Waals surface area contributed by atoms with E-state index < -0.39 is 0 Å². The van der Waals surface area contributed by atoms with Crippen molar-refractivity contribution >= 4 is 11.2 Å². The number of rotatable bonds is 3. The molecule has 7 nitrogen and oxygen atoms in total. The molecule has 0 spiro atoms. The molecule has 122 valence electrons. The van der Waals surface area contributed by atoms with Gasteiger partial charge in [0.25, 0.3) is 0 Å². The number of hydrogen-bond acceptors (Lipinski definition) is 4. The molecule has 0 saturated heterocycles. The predicted octanol–water partition coefficient (Wildman–Crippen LogP) is 2.89. The molecule has 0 bridgehead atoms. The number of nitrogens with one attached hydrogen (secondary N) is 2. The number of nitrogens with zero attached hydrogens (tertiary/aromatic N) is 5. The summed E-state index contributed by atoms with van der Waals surface area (Å²) < 4.78 is 1.86. The van der Waals surface area contributed by atoms with Crippen molar-refractivity contribution in [2.45, 2.75) is 32.7 Å². The molecule has 7 heteroatoms. The molecule has 4 aromatic rings. The van der Waals surface area contributed by atoms with E-state index in [1.807, 2.05) is 29.1 Å². The maximum absolute atomic E-state index is 4.68. The summed E-state index contributed by atoms with van der Waals surface area (Å²) in [4.78, 5) is 12.1. The van der Waals surface area contributed by atoms with Gasteiger partial charge in [-0.2, -0.15) is 10.2 Å². The van der Waals surface area contributed by atoms with Crippen LogP contribution in [0, 0.1) is 0 Å². The van der Waals surface area contributed by atoms with Gasteiger partial charge in [0.2, 0.25) is 0 Å². The Labute approximate surface area is 139 Å². The quantitative estimate of drug-likeness (QED) is 0.607. The van der Waals surface area contributed by atoms with Crippen molar-refractivity contribution < 1.29 is 0 Å². The van der Waals surface area contributed by atoms with E-state index in [2.05, 4.69) is 51.0 Å². The van der Waals surface area contributed by atoms with Crippen LogP contribution >= 0.6 is 0 Å². The molecule has 24 heavy (non-hydrogen) atoms. The number of fused-ring (bicyclic) bond motifs is 1. The van der Waals surface area contributed by atoms with Crippen molar-refractivity contribution in [3.63, 3.8) is 0 Å². The zero-order chi connectivity index (χ0) is 16.7. The van der Waals surface area contributed by atoms with Gasteiger partial charge in [0.05, 0.1) is 12.7 Å². The molecule has 0 unspecified atom stereocenters. The lowest BCUT2D eigenvalue weighted by Gasteiger charge is -2.14. The molecule has 0 amide bonds. The molecular weight excluding hydrogens is 302 g/mol. The fourth-order valence-corrected chi connectivity index (χ4v) is 2.58. The van der Waals surface area contributed by atoms with E-state index in [1.165, 1.54) is 0 Å². The monoisotopic (exact) mass is 321 g/mol. The summed E-state index contributed by atoms with van der Waals surface area (Å²) in [6.45, 7) is 7.08. The Kier molecular flexibility index (Phi) is 3.23. The van der Waals surface area contributed by atoms with Crippen LogP contribution in [0.5, 0.6) is 0 Å². The number of aromatic nitrogens is 7. The van der Waals surface area contributed by atoms with Crippen LogP contribution in [-0.4, -0.2) is 34.9 Å². The highest BCUT2D eigenvalue weighted by Crippen LogP contribution is 2.25. The first-order chi connectivity index (χ1) is 11.5. The van der Waals surface area contributed by atoms with Crippen LogP contribution in [0.4, 0.5) is 0 Å². The summed E-state index contributed by atoms with van der Waals surface area (Å²) in [5.41, 5.74) is 4.71. The zero-order valence-corrected chi connectivity index (χ0v) is 13.9. The molecule has 0 aliphatic heterocycles. The minimum atomic E-state index is 0.0222. The second kappa shape index (κ2) is 5.30. The largest absolute Gasteiger partial charge is 0.334 e. The highest BCUT2D eigenvalue weighted by molar-refractivity contribution is 5.75. The predicted molar refractivity (Wildman–Crippen MR) is 91.5 cm³/mol. The van der Waals surface area contributed by atoms with Crippen LogP contribution in [0.1, 0.15) is 32.0 Å². The molecule has 4 rings (SSSR count). The van der Waals surface area contributed by atoms with Gasteiger partial charge in [0, 0.05) is 23.5 Å². The number of aromatic amines is 2.